The number of hydrogen-bond donors (Lipinski definition) is 1. The number of carbonyl (C=O) groups excluding carboxylic acids is 1. The lowest BCUT2D eigenvalue weighted by atomic mass is 10.0. The van der Waals surface area contributed by atoms with Crippen molar-refractivity contribution < 1.29 is 4.79 Å². The first-order chi connectivity index (χ1) is 12.2. The van der Waals surface area contributed by atoms with Crippen LogP contribution in [-0.4, -0.2) is 10.8 Å². The van der Waals surface area contributed by atoms with E-state index in [1.54, 1.807) is 0 Å². The first-order valence-electron chi connectivity index (χ1n) is 8.19. The molecular weight excluding hydrogens is 332 g/mol. The number of para-hydroxylation sites is 1. The second-order valence-corrected chi connectivity index (χ2v) is 6.43. The lowest BCUT2D eigenvalue weighted by Crippen LogP contribution is -2.42. The molecule has 0 radical (unpaired) electrons. The molecule has 1 N–H and O–H groups in total. The second-order valence-electron chi connectivity index (χ2n) is 6.03. The molecule has 0 spiro atoms. The van der Waals surface area contributed by atoms with Crippen LogP contribution in [0, 0.1) is 0 Å². The van der Waals surface area contributed by atoms with Gasteiger partial charge in [0.25, 0.3) is 5.91 Å². The lowest BCUT2D eigenvalue weighted by Gasteiger charge is -2.38. The van der Waals surface area contributed by atoms with Crippen molar-refractivity contribution in [1.82, 2.24) is 4.90 Å². The van der Waals surface area contributed by atoms with Crippen molar-refractivity contribution in [3.8, 4) is 0 Å². The molecule has 1 unspecified atom stereocenters. The Hall–Kier alpha value is -2.78. The number of benzene rings is 3. The molecule has 4 heteroatoms. The topological polar surface area (TPSA) is 32.3 Å². The zero-order valence-corrected chi connectivity index (χ0v) is 14.3. The minimum Gasteiger partial charge on any atom is -0.361 e. The number of halogens is 1. The smallest absolute Gasteiger partial charge is 0.258 e. The highest BCUT2D eigenvalue weighted by molar-refractivity contribution is 6.31. The van der Waals surface area contributed by atoms with Gasteiger partial charge in [0.1, 0.15) is 6.17 Å². The van der Waals surface area contributed by atoms with Crippen LogP contribution in [0.25, 0.3) is 0 Å². The van der Waals surface area contributed by atoms with Gasteiger partial charge in [0.2, 0.25) is 0 Å². The summed E-state index contributed by atoms with van der Waals surface area (Å²) in [6, 6.07) is 25.2. The van der Waals surface area contributed by atoms with Crippen LogP contribution in [0.15, 0.2) is 78.9 Å². The molecule has 0 saturated carbocycles. The van der Waals surface area contributed by atoms with Crippen LogP contribution in [-0.2, 0) is 6.54 Å². The monoisotopic (exact) mass is 348 g/mol. The summed E-state index contributed by atoms with van der Waals surface area (Å²) in [4.78, 5) is 15.0. The molecular formula is C21H17ClN2O. The largest absolute Gasteiger partial charge is 0.361 e. The number of nitrogens with zero attached hydrogens (tertiary/aromatic N) is 1. The number of fused-ring (bicyclic) bond motifs is 1. The Kier molecular flexibility index (Phi) is 4.16. The Bertz CT molecular complexity index is 911. The van der Waals surface area contributed by atoms with Crippen molar-refractivity contribution in [2.75, 3.05) is 5.32 Å². The van der Waals surface area contributed by atoms with E-state index in [1.165, 1.54) is 0 Å². The number of anilines is 1. The quantitative estimate of drug-likeness (QED) is 0.713. The molecule has 1 aliphatic rings. The van der Waals surface area contributed by atoms with Crippen molar-refractivity contribution in [2.24, 2.45) is 0 Å². The number of nitrogens with one attached hydrogen (secondary N) is 1. The van der Waals surface area contributed by atoms with Gasteiger partial charge < -0.3 is 10.2 Å². The highest BCUT2D eigenvalue weighted by Gasteiger charge is 2.32. The minimum atomic E-state index is -0.236. The fraction of sp³-hybridized carbons (Fsp3) is 0.0952. The number of amides is 1. The molecule has 25 heavy (non-hydrogen) atoms. The standard InChI is InChI=1S/C21H17ClN2O/c22-18-12-6-4-10-16(18)14-24-20(15-8-2-1-3-9-15)23-19-13-7-5-11-17(19)21(24)25/h1-13,20,23H,14H2. The molecule has 0 bridgehead atoms. The maximum absolute atomic E-state index is 13.2. The van der Waals surface area contributed by atoms with Gasteiger partial charge in [-0.25, -0.2) is 0 Å². The molecule has 4 rings (SSSR count). The van der Waals surface area contributed by atoms with Gasteiger partial charge in [-0.15, -0.1) is 0 Å². The van der Waals surface area contributed by atoms with Crippen molar-refractivity contribution in [3.63, 3.8) is 0 Å². The highest BCUT2D eigenvalue weighted by atomic mass is 35.5. The summed E-state index contributed by atoms with van der Waals surface area (Å²) in [6.07, 6.45) is -0.236. The third-order valence-electron chi connectivity index (χ3n) is 4.44. The number of carbonyl (C=O) groups is 1. The summed E-state index contributed by atoms with van der Waals surface area (Å²) in [7, 11) is 0. The maximum Gasteiger partial charge on any atom is 0.258 e. The first-order valence-corrected chi connectivity index (χ1v) is 8.57. The Balaban J connectivity index is 1.77. The number of hydrogen-bond acceptors (Lipinski definition) is 2. The summed E-state index contributed by atoms with van der Waals surface area (Å²) >= 11 is 6.33. The van der Waals surface area contributed by atoms with Crippen molar-refractivity contribution in [3.05, 3.63) is 101 Å². The van der Waals surface area contributed by atoms with Crippen LogP contribution >= 0.6 is 11.6 Å². The van der Waals surface area contributed by atoms with E-state index in [9.17, 15) is 4.79 Å². The van der Waals surface area contributed by atoms with Gasteiger partial charge in [0.05, 0.1) is 5.56 Å². The molecule has 124 valence electrons. The molecule has 1 amide bonds. The van der Waals surface area contributed by atoms with Gasteiger partial charge in [-0.05, 0) is 29.3 Å². The molecule has 3 nitrogen and oxygen atoms in total. The molecule has 0 aliphatic carbocycles. The summed E-state index contributed by atoms with van der Waals surface area (Å²) in [5.74, 6) is 0.00289. The molecule has 3 aromatic rings. The van der Waals surface area contributed by atoms with Gasteiger partial charge in [-0.2, -0.15) is 0 Å². The Morgan fingerprint density at radius 3 is 2.36 bits per heavy atom. The van der Waals surface area contributed by atoms with E-state index in [-0.39, 0.29) is 12.1 Å². The van der Waals surface area contributed by atoms with E-state index in [0.717, 1.165) is 16.8 Å². The van der Waals surface area contributed by atoms with E-state index in [2.05, 4.69) is 5.32 Å². The van der Waals surface area contributed by atoms with E-state index in [4.69, 9.17) is 11.6 Å². The van der Waals surface area contributed by atoms with Gasteiger partial charge in [0.15, 0.2) is 0 Å². The molecule has 1 aliphatic heterocycles. The third kappa shape index (κ3) is 2.99. The fourth-order valence-electron chi connectivity index (χ4n) is 3.16. The summed E-state index contributed by atoms with van der Waals surface area (Å²) in [5, 5.41) is 4.16. The fourth-order valence-corrected chi connectivity index (χ4v) is 3.36. The van der Waals surface area contributed by atoms with Crippen LogP contribution in [0.4, 0.5) is 5.69 Å². The highest BCUT2D eigenvalue weighted by Crippen LogP contribution is 2.34. The average Bonchev–Trinajstić information content (AvgIpc) is 2.66. The molecule has 1 atom stereocenters. The second kappa shape index (κ2) is 6.61. The molecule has 1 heterocycles. The average molecular weight is 349 g/mol. The third-order valence-corrected chi connectivity index (χ3v) is 4.80. The van der Waals surface area contributed by atoms with Crippen LogP contribution in [0.5, 0.6) is 0 Å². The van der Waals surface area contributed by atoms with Gasteiger partial charge in [-0.1, -0.05) is 72.3 Å². The maximum atomic E-state index is 13.2. The lowest BCUT2D eigenvalue weighted by molar-refractivity contribution is 0.0666. The van der Waals surface area contributed by atoms with E-state index in [1.807, 2.05) is 83.8 Å². The van der Waals surface area contributed by atoms with Gasteiger partial charge >= 0.3 is 0 Å². The van der Waals surface area contributed by atoms with E-state index >= 15 is 0 Å². The zero-order chi connectivity index (χ0) is 17.2. The number of rotatable bonds is 3. The predicted molar refractivity (Wildman–Crippen MR) is 101 cm³/mol. The van der Waals surface area contributed by atoms with E-state index < -0.39 is 0 Å². The molecule has 0 aromatic heterocycles. The van der Waals surface area contributed by atoms with Crippen LogP contribution in [0.2, 0.25) is 5.02 Å². The molecule has 3 aromatic carbocycles. The van der Waals surface area contributed by atoms with Crippen molar-refractivity contribution in [2.45, 2.75) is 12.7 Å². The Morgan fingerprint density at radius 1 is 0.880 bits per heavy atom. The Morgan fingerprint density at radius 2 is 1.56 bits per heavy atom. The van der Waals surface area contributed by atoms with Gasteiger partial charge in [0, 0.05) is 17.3 Å². The van der Waals surface area contributed by atoms with Crippen molar-refractivity contribution in [1.29, 1.82) is 0 Å². The summed E-state index contributed by atoms with van der Waals surface area (Å²) < 4.78 is 0. The SMILES string of the molecule is O=C1c2ccccc2NC(c2ccccc2)N1Cc1ccccc1Cl. The van der Waals surface area contributed by atoms with E-state index in [0.29, 0.717) is 17.1 Å². The normalized spacial score (nSPS) is 16.3. The first kappa shape index (κ1) is 15.7. The summed E-state index contributed by atoms with van der Waals surface area (Å²) in [6.45, 7) is 0.444. The van der Waals surface area contributed by atoms with Crippen LogP contribution in [0.3, 0.4) is 0 Å². The predicted octanol–water partition coefficient (Wildman–Crippen LogP) is 5.11. The zero-order valence-electron chi connectivity index (χ0n) is 13.5. The van der Waals surface area contributed by atoms with Crippen LogP contribution in [0.1, 0.15) is 27.7 Å². The van der Waals surface area contributed by atoms with Crippen LogP contribution < -0.4 is 5.32 Å². The summed E-state index contributed by atoms with van der Waals surface area (Å²) in [5.41, 5.74) is 3.51. The van der Waals surface area contributed by atoms with Gasteiger partial charge in [-0.3, -0.25) is 4.79 Å². The van der Waals surface area contributed by atoms with Crippen molar-refractivity contribution >= 4 is 23.2 Å². The molecule has 0 saturated heterocycles. The molecule has 0 fully saturated rings. The Labute approximate surface area is 151 Å². The minimum absolute atomic E-state index is 0.00289.